The van der Waals surface area contributed by atoms with Crippen LogP contribution in [-0.4, -0.2) is 30.7 Å². The smallest absolute Gasteiger partial charge is 0.257 e. The van der Waals surface area contributed by atoms with Crippen molar-refractivity contribution < 1.29 is 13.7 Å². The van der Waals surface area contributed by atoms with Gasteiger partial charge in [-0.1, -0.05) is 41.0 Å². The summed E-state index contributed by atoms with van der Waals surface area (Å²) < 4.78 is 19.5. The van der Waals surface area contributed by atoms with E-state index < -0.39 is 5.82 Å². The number of carbonyl (C=O) groups excluding carboxylic acids is 1. The number of nitrogens with one attached hydrogen (secondary N) is 1. The van der Waals surface area contributed by atoms with E-state index in [1.807, 2.05) is 44.3 Å². The summed E-state index contributed by atoms with van der Waals surface area (Å²) in [6.45, 7) is 4.00. The van der Waals surface area contributed by atoms with Crippen LogP contribution in [0.15, 0.2) is 53.1 Å². The fraction of sp³-hybridized carbons (Fsp3) is 0.238. The maximum Gasteiger partial charge on any atom is 0.257 e. The Morgan fingerprint density at radius 2 is 1.96 bits per heavy atom. The quantitative estimate of drug-likeness (QED) is 0.650. The Morgan fingerprint density at radius 3 is 2.64 bits per heavy atom. The largest absolute Gasteiger partial charge is 0.370 e. The van der Waals surface area contributed by atoms with Crippen molar-refractivity contribution in [3.8, 4) is 11.3 Å². The second kappa shape index (κ2) is 8.44. The van der Waals surface area contributed by atoms with Crippen LogP contribution in [0.25, 0.3) is 11.3 Å². The molecule has 3 aromatic rings. The molecule has 1 N–H and O–H groups in total. The summed E-state index contributed by atoms with van der Waals surface area (Å²) in [5.41, 5.74) is 1.38. The molecule has 1 heterocycles. The van der Waals surface area contributed by atoms with Crippen molar-refractivity contribution in [1.29, 1.82) is 0 Å². The molecule has 1 amide bonds. The standard InChI is InChI=1S/C21H21ClFN3O2/c1-13(26(3)15-8-5-4-6-9-15)12-24-21(27)18-14(2)28-25-20(18)19-16(22)10-7-11-17(19)23/h4-11,13H,12H2,1-3H3,(H,24,27). The molecule has 28 heavy (non-hydrogen) atoms. The van der Waals surface area contributed by atoms with Crippen LogP contribution in [0.4, 0.5) is 10.1 Å². The van der Waals surface area contributed by atoms with Crippen LogP contribution < -0.4 is 10.2 Å². The second-order valence-corrected chi connectivity index (χ2v) is 6.97. The van der Waals surface area contributed by atoms with E-state index in [0.29, 0.717) is 12.3 Å². The number of carbonyl (C=O) groups is 1. The Balaban J connectivity index is 1.78. The molecular formula is C21H21ClFN3O2. The van der Waals surface area contributed by atoms with Gasteiger partial charge in [0.1, 0.15) is 22.8 Å². The number of aromatic nitrogens is 1. The number of hydrogen-bond acceptors (Lipinski definition) is 4. The third-order valence-electron chi connectivity index (χ3n) is 4.67. The highest BCUT2D eigenvalue weighted by atomic mass is 35.5. The van der Waals surface area contributed by atoms with Crippen molar-refractivity contribution in [2.45, 2.75) is 19.9 Å². The van der Waals surface area contributed by atoms with Crippen LogP contribution in [0.3, 0.4) is 0 Å². The predicted molar refractivity (Wildman–Crippen MR) is 108 cm³/mol. The van der Waals surface area contributed by atoms with Gasteiger partial charge in [-0.15, -0.1) is 0 Å². The number of likely N-dealkylation sites (N-methyl/N-ethyl adjacent to an activating group) is 1. The highest BCUT2D eigenvalue weighted by Crippen LogP contribution is 2.33. The zero-order valence-electron chi connectivity index (χ0n) is 15.9. The van der Waals surface area contributed by atoms with Crippen molar-refractivity contribution in [3.05, 3.63) is 70.7 Å². The average Bonchev–Trinajstić information content (AvgIpc) is 3.07. The van der Waals surface area contributed by atoms with Crippen LogP contribution in [0.1, 0.15) is 23.0 Å². The molecule has 2 aromatic carbocycles. The van der Waals surface area contributed by atoms with Gasteiger partial charge in [0.05, 0.1) is 10.6 Å². The number of amides is 1. The van der Waals surface area contributed by atoms with E-state index in [-0.39, 0.29) is 33.8 Å². The molecule has 0 saturated carbocycles. The first-order chi connectivity index (χ1) is 13.4. The minimum atomic E-state index is -0.563. The molecule has 0 fully saturated rings. The minimum Gasteiger partial charge on any atom is -0.370 e. The summed E-state index contributed by atoms with van der Waals surface area (Å²) in [4.78, 5) is 14.9. The Labute approximate surface area is 168 Å². The van der Waals surface area contributed by atoms with Gasteiger partial charge >= 0.3 is 0 Å². The summed E-state index contributed by atoms with van der Waals surface area (Å²) in [5.74, 6) is -0.649. The summed E-state index contributed by atoms with van der Waals surface area (Å²) in [7, 11) is 1.96. The Kier molecular flexibility index (Phi) is 5.99. The van der Waals surface area contributed by atoms with Gasteiger partial charge in [0.15, 0.2) is 0 Å². The predicted octanol–water partition coefficient (Wildman–Crippen LogP) is 4.70. The van der Waals surface area contributed by atoms with E-state index in [2.05, 4.69) is 15.4 Å². The first-order valence-corrected chi connectivity index (χ1v) is 9.24. The molecule has 0 aliphatic carbocycles. The van der Waals surface area contributed by atoms with E-state index in [0.717, 1.165) is 5.69 Å². The molecule has 0 radical (unpaired) electrons. The fourth-order valence-electron chi connectivity index (χ4n) is 2.92. The lowest BCUT2D eigenvalue weighted by atomic mass is 10.0. The molecule has 1 unspecified atom stereocenters. The third kappa shape index (κ3) is 4.02. The van der Waals surface area contributed by atoms with Crippen molar-refractivity contribution >= 4 is 23.2 Å². The molecule has 7 heteroatoms. The van der Waals surface area contributed by atoms with Crippen LogP contribution in [0.5, 0.6) is 0 Å². The van der Waals surface area contributed by atoms with Gasteiger partial charge in [-0.3, -0.25) is 4.79 Å². The molecular weight excluding hydrogens is 381 g/mol. The van der Waals surface area contributed by atoms with Crippen LogP contribution in [0, 0.1) is 12.7 Å². The van der Waals surface area contributed by atoms with Crippen LogP contribution >= 0.6 is 11.6 Å². The van der Waals surface area contributed by atoms with Gasteiger partial charge in [-0.05, 0) is 38.1 Å². The number of hydrogen-bond donors (Lipinski definition) is 1. The van der Waals surface area contributed by atoms with Gasteiger partial charge in [0, 0.05) is 25.3 Å². The topological polar surface area (TPSA) is 58.4 Å². The molecule has 1 atom stereocenters. The molecule has 146 valence electrons. The third-order valence-corrected chi connectivity index (χ3v) is 4.99. The molecule has 1 aromatic heterocycles. The molecule has 0 saturated heterocycles. The van der Waals surface area contributed by atoms with Crippen molar-refractivity contribution in [2.75, 3.05) is 18.5 Å². The summed E-state index contributed by atoms with van der Waals surface area (Å²) in [6.07, 6.45) is 0. The van der Waals surface area contributed by atoms with Crippen molar-refractivity contribution in [1.82, 2.24) is 10.5 Å². The van der Waals surface area contributed by atoms with Gasteiger partial charge in [-0.2, -0.15) is 0 Å². The Morgan fingerprint density at radius 1 is 1.25 bits per heavy atom. The van der Waals surface area contributed by atoms with Crippen LogP contribution in [0.2, 0.25) is 5.02 Å². The van der Waals surface area contributed by atoms with E-state index in [4.69, 9.17) is 16.1 Å². The van der Waals surface area contributed by atoms with Gasteiger partial charge in [0.25, 0.3) is 5.91 Å². The number of nitrogens with zero attached hydrogens (tertiary/aromatic N) is 2. The van der Waals surface area contributed by atoms with E-state index in [9.17, 15) is 9.18 Å². The first-order valence-electron chi connectivity index (χ1n) is 8.87. The van der Waals surface area contributed by atoms with E-state index in [1.54, 1.807) is 13.0 Å². The molecule has 3 rings (SSSR count). The average molecular weight is 402 g/mol. The second-order valence-electron chi connectivity index (χ2n) is 6.56. The monoisotopic (exact) mass is 401 g/mol. The van der Waals surface area contributed by atoms with Gasteiger partial charge in [-0.25, -0.2) is 4.39 Å². The highest BCUT2D eigenvalue weighted by Gasteiger charge is 2.25. The summed E-state index contributed by atoms with van der Waals surface area (Å²) >= 11 is 6.13. The highest BCUT2D eigenvalue weighted by molar-refractivity contribution is 6.33. The molecule has 5 nitrogen and oxygen atoms in total. The number of aryl methyl sites for hydroxylation is 1. The van der Waals surface area contributed by atoms with Crippen molar-refractivity contribution in [3.63, 3.8) is 0 Å². The van der Waals surface area contributed by atoms with Crippen molar-refractivity contribution in [2.24, 2.45) is 0 Å². The normalized spacial score (nSPS) is 11.9. The number of rotatable bonds is 6. The lowest BCUT2D eigenvalue weighted by molar-refractivity contribution is 0.0950. The number of benzene rings is 2. The Hall–Kier alpha value is -2.86. The summed E-state index contributed by atoms with van der Waals surface area (Å²) in [5, 5.41) is 6.91. The molecule has 0 spiro atoms. The number of anilines is 1. The Bertz CT molecular complexity index is 955. The van der Waals surface area contributed by atoms with Gasteiger partial charge in [0.2, 0.25) is 0 Å². The molecule has 0 aliphatic heterocycles. The molecule has 0 aliphatic rings. The van der Waals surface area contributed by atoms with E-state index >= 15 is 0 Å². The first kappa shape index (κ1) is 19.9. The number of para-hydroxylation sites is 1. The molecule has 0 bridgehead atoms. The van der Waals surface area contributed by atoms with Crippen LogP contribution in [-0.2, 0) is 0 Å². The maximum atomic E-state index is 14.3. The lowest BCUT2D eigenvalue weighted by Gasteiger charge is -2.27. The van der Waals surface area contributed by atoms with E-state index in [1.165, 1.54) is 12.1 Å². The minimum absolute atomic E-state index is 0.0343. The SMILES string of the molecule is Cc1onc(-c2c(F)cccc2Cl)c1C(=O)NCC(C)N(C)c1ccccc1. The fourth-order valence-corrected chi connectivity index (χ4v) is 3.17. The number of halogens is 2. The lowest BCUT2D eigenvalue weighted by Crippen LogP contribution is -2.40. The maximum absolute atomic E-state index is 14.3. The van der Waals surface area contributed by atoms with Gasteiger partial charge < -0.3 is 14.7 Å². The zero-order valence-corrected chi connectivity index (χ0v) is 16.6. The summed E-state index contributed by atoms with van der Waals surface area (Å²) in [6, 6.07) is 14.2. The zero-order chi connectivity index (χ0) is 20.3.